The van der Waals surface area contributed by atoms with Gasteiger partial charge in [-0.15, -0.1) is 0 Å². The van der Waals surface area contributed by atoms with Crippen LogP contribution in [0, 0.1) is 17.1 Å². The van der Waals surface area contributed by atoms with E-state index in [1.807, 2.05) is 0 Å². The number of nitrogens with zero attached hydrogens (tertiary/aromatic N) is 1. The Labute approximate surface area is 74.6 Å². The van der Waals surface area contributed by atoms with Gasteiger partial charge < -0.3 is 5.73 Å². The van der Waals surface area contributed by atoms with Crippen molar-refractivity contribution in [2.45, 2.75) is 0 Å². The first-order valence-corrected chi connectivity index (χ1v) is 3.62. The van der Waals surface area contributed by atoms with Crippen LogP contribution in [0.15, 0.2) is 18.2 Å². The predicted octanol–water partition coefficient (Wildman–Crippen LogP) is 0.839. The fourth-order valence-electron chi connectivity index (χ4n) is 0.921. The third-order valence-electron chi connectivity index (χ3n) is 1.58. The van der Waals surface area contributed by atoms with Crippen molar-refractivity contribution < 1.29 is 9.18 Å². The van der Waals surface area contributed by atoms with Crippen molar-refractivity contribution in [1.29, 1.82) is 5.26 Å². The molecule has 0 aliphatic heterocycles. The molecule has 0 amide bonds. The van der Waals surface area contributed by atoms with Crippen LogP contribution < -0.4 is 5.73 Å². The number of nitrogens with two attached hydrogens (primary N) is 1. The fraction of sp³-hybridized carbons (Fsp3) is 0.111. The van der Waals surface area contributed by atoms with Gasteiger partial charge in [-0.3, -0.25) is 4.79 Å². The molecule has 0 unspecified atom stereocenters. The molecule has 0 fully saturated rings. The van der Waals surface area contributed by atoms with Gasteiger partial charge in [-0.05, 0) is 18.2 Å². The molecule has 4 heteroatoms. The maximum atomic E-state index is 13.0. The lowest BCUT2D eigenvalue weighted by molar-refractivity contribution is 0.0997. The summed E-state index contributed by atoms with van der Waals surface area (Å²) in [5, 5.41) is 8.42. The molecular formula is C9H7FN2O. The lowest BCUT2D eigenvalue weighted by atomic mass is 10.1. The second-order valence-electron chi connectivity index (χ2n) is 2.43. The fourth-order valence-corrected chi connectivity index (χ4v) is 0.921. The van der Waals surface area contributed by atoms with Crippen LogP contribution in [0.1, 0.15) is 15.9 Å². The minimum atomic E-state index is -0.700. The molecule has 66 valence electrons. The zero-order valence-electron chi connectivity index (χ0n) is 6.75. The van der Waals surface area contributed by atoms with Crippen LogP contribution in [0.3, 0.4) is 0 Å². The summed E-state index contributed by atoms with van der Waals surface area (Å²) in [6.07, 6.45) is 0. The molecule has 1 aromatic carbocycles. The van der Waals surface area contributed by atoms with E-state index in [0.717, 1.165) is 6.07 Å². The number of benzene rings is 1. The van der Waals surface area contributed by atoms with E-state index in [1.54, 1.807) is 6.07 Å². The molecule has 1 aromatic rings. The summed E-state index contributed by atoms with van der Waals surface area (Å²) in [7, 11) is 0. The summed E-state index contributed by atoms with van der Waals surface area (Å²) in [5.41, 5.74) is 5.18. The van der Waals surface area contributed by atoms with Crippen LogP contribution in [0.5, 0.6) is 0 Å². The molecule has 0 aliphatic carbocycles. The van der Waals surface area contributed by atoms with Gasteiger partial charge in [0.1, 0.15) is 5.82 Å². The molecule has 3 nitrogen and oxygen atoms in total. The summed E-state index contributed by atoms with van der Waals surface area (Å²) >= 11 is 0. The van der Waals surface area contributed by atoms with E-state index >= 15 is 0 Å². The maximum absolute atomic E-state index is 13.0. The quantitative estimate of drug-likeness (QED) is 0.682. The van der Waals surface area contributed by atoms with Crippen LogP contribution in [-0.2, 0) is 0 Å². The molecule has 0 radical (unpaired) electrons. The first-order chi connectivity index (χ1) is 6.19. The molecule has 0 bridgehead atoms. The number of halogens is 1. The van der Waals surface area contributed by atoms with Gasteiger partial charge in [0.25, 0.3) is 0 Å². The molecule has 13 heavy (non-hydrogen) atoms. The average Bonchev–Trinajstić information content (AvgIpc) is 2.16. The van der Waals surface area contributed by atoms with Gasteiger partial charge in [-0.25, -0.2) is 4.39 Å². The third-order valence-corrected chi connectivity index (χ3v) is 1.58. The summed E-state index contributed by atoms with van der Waals surface area (Å²) in [4.78, 5) is 11.0. The van der Waals surface area contributed by atoms with Crippen LogP contribution in [-0.4, -0.2) is 12.3 Å². The molecule has 0 aromatic heterocycles. The lowest BCUT2D eigenvalue weighted by Crippen LogP contribution is -2.15. The van der Waals surface area contributed by atoms with Crippen molar-refractivity contribution in [1.82, 2.24) is 0 Å². The largest absolute Gasteiger partial charge is 0.324 e. The highest BCUT2D eigenvalue weighted by Gasteiger charge is 2.09. The number of rotatable bonds is 2. The highest BCUT2D eigenvalue weighted by molar-refractivity contribution is 5.97. The zero-order chi connectivity index (χ0) is 9.84. The standard InChI is InChI=1S/C9H7FN2O/c10-8-3-6(4-11)1-2-7(8)9(13)5-12/h1-3H,5,12H2. The molecule has 0 saturated carbocycles. The highest BCUT2D eigenvalue weighted by atomic mass is 19.1. The molecule has 0 aliphatic rings. The number of carbonyl (C=O) groups excluding carboxylic acids is 1. The first kappa shape index (κ1) is 9.36. The Bertz CT molecular complexity index is 382. The predicted molar refractivity (Wildman–Crippen MR) is 44.5 cm³/mol. The normalized spacial score (nSPS) is 9.31. The molecular weight excluding hydrogens is 171 g/mol. The molecule has 0 heterocycles. The van der Waals surface area contributed by atoms with E-state index in [2.05, 4.69) is 0 Å². The third kappa shape index (κ3) is 1.89. The monoisotopic (exact) mass is 178 g/mol. The second-order valence-corrected chi connectivity index (χ2v) is 2.43. The van der Waals surface area contributed by atoms with Crippen molar-refractivity contribution in [2.24, 2.45) is 5.73 Å². The van der Waals surface area contributed by atoms with Gasteiger partial charge in [-0.2, -0.15) is 5.26 Å². The van der Waals surface area contributed by atoms with Crippen LogP contribution in [0.25, 0.3) is 0 Å². The number of ketones is 1. The summed E-state index contributed by atoms with van der Waals surface area (Å²) in [6, 6.07) is 5.43. The number of hydrogen-bond acceptors (Lipinski definition) is 3. The maximum Gasteiger partial charge on any atom is 0.179 e. The van der Waals surface area contributed by atoms with Crippen LogP contribution in [0.4, 0.5) is 4.39 Å². The smallest absolute Gasteiger partial charge is 0.179 e. The molecule has 0 spiro atoms. The van der Waals surface area contributed by atoms with Gasteiger partial charge >= 0.3 is 0 Å². The Morgan fingerprint density at radius 3 is 2.77 bits per heavy atom. The summed E-state index contributed by atoms with van der Waals surface area (Å²) in [5.74, 6) is -1.17. The van der Waals surface area contributed by atoms with E-state index in [9.17, 15) is 9.18 Å². The van der Waals surface area contributed by atoms with Crippen molar-refractivity contribution in [2.75, 3.05) is 6.54 Å². The van der Waals surface area contributed by atoms with E-state index in [-0.39, 0.29) is 17.7 Å². The Morgan fingerprint density at radius 2 is 2.31 bits per heavy atom. The minimum Gasteiger partial charge on any atom is -0.324 e. The topological polar surface area (TPSA) is 66.9 Å². The highest BCUT2D eigenvalue weighted by Crippen LogP contribution is 2.09. The number of hydrogen-bond donors (Lipinski definition) is 1. The number of nitriles is 1. The Kier molecular flexibility index (Phi) is 2.72. The van der Waals surface area contributed by atoms with E-state index < -0.39 is 11.6 Å². The van der Waals surface area contributed by atoms with E-state index in [1.165, 1.54) is 12.1 Å². The van der Waals surface area contributed by atoms with Gasteiger partial charge in [0.2, 0.25) is 0 Å². The Hall–Kier alpha value is -1.73. The zero-order valence-corrected chi connectivity index (χ0v) is 6.75. The second kappa shape index (κ2) is 3.78. The van der Waals surface area contributed by atoms with Gasteiger partial charge in [0.15, 0.2) is 5.78 Å². The van der Waals surface area contributed by atoms with Crippen molar-refractivity contribution >= 4 is 5.78 Å². The Balaban J connectivity index is 3.14. The average molecular weight is 178 g/mol. The lowest BCUT2D eigenvalue weighted by Gasteiger charge is -1.99. The SMILES string of the molecule is N#Cc1ccc(C(=O)CN)c(F)c1. The van der Waals surface area contributed by atoms with Crippen LogP contribution >= 0.6 is 0 Å². The minimum absolute atomic E-state index is 0.0681. The summed E-state index contributed by atoms with van der Waals surface area (Å²) in [6.45, 7) is -0.233. The number of Topliss-reactive ketones (excluding diaryl/α,β-unsaturated/α-hetero) is 1. The molecule has 2 N–H and O–H groups in total. The van der Waals surface area contributed by atoms with Gasteiger partial charge in [0.05, 0.1) is 23.7 Å². The van der Waals surface area contributed by atoms with E-state index in [0.29, 0.717) is 0 Å². The van der Waals surface area contributed by atoms with Gasteiger partial charge in [0, 0.05) is 0 Å². The van der Waals surface area contributed by atoms with Gasteiger partial charge in [-0.1, -0.05) is 0 Å². The first-order valence-electron chi connectivity index (χ1n) is 3.62. The molecule has 1 rings (SSSR count). The Morgan fingerprint density at radius 1 is 1.62 bits per heavy atom. The van der Waals surface area contributed by atoms with Crippen LogP contribution in [0.2, 0.25) is 0 Å². The van der Waals surface area contributed by atoms with Crippen molar-refractivity contribution in [3.63, 3.8) is 0 Å². The molecule has 0 atom stereocenters. The molecule has 0 saturated heterocycles. The van der Waals surface area contributed by atoms with E-state index in [4.69, 9.17) is 11.0 Å². The summed E-state index contributed by atoms with van der Waals surface area (Å²) < 4.78 is 13.0. The van der Waals surface area contributed by atoms with Crippen molar-refractivity contribution in [3.05, 3.63) is 35.1 Å². The number of carbonyl (C=O) groups is 1. The van der Waals surface area contributed by atoms with Crippen molar-refractivity contribution in [3.8, 4) is 6.07 Å².